The summed E-state index contributed by atoms with van der Waals surface area (Å²) in [5.41, 5.74) is 4.50. The predicted octanol–water partition coefficient (Wildman–Crippen LogP) is 3.77. The summed E-state index contributed by atoms with van der Waals surface area (Å²) >= 11 is 0. The summed E-state index contributed by atoms with van der Waals surface area (Å²) in [4.78, 5) is 15.9. The van der Waals surface area contributed by atoms with Gasteiger partial charge in [-0.1, -0.05) is 0 Å². The highest BCUT2D eigenvalue weighted by molar-refractivity contribution is 5.89. The van der Waals surface area contributed by atoms with E-state index in [-0.39, 0.29) is 11.8 Å². The van der Waals surface area contributed by atoms with Crippen LogP contribution in [0.1, 0.15) is 23.1 Å². The first-order valence-corrected chi connectivity index (χ1v) is 7.93. The molecule has 0 aliphatic rings. The van der Waals surface area contributed by atoms with Crippen molar-refractivity contribution in [3.8, 4) is 0 Å². The number of nitrogens with one attached hydrogen (secondary N) is 3. The zero-order valence-corrected chi connectivity index (χ0v) is 14.2. The second-order valence-electron chi connectivity index (χ2n) is 5.83. The molecule has 0 saturated heterocycles. The van der Waals surface area contributed by atoms with Gasteiger partial charge in [0.1, 0.15) is 5.82 Å². The van der Waals surface area contributed by atoms with E-state index in [0.29, 0.717) is 12.2 Å². The molecule has 0 saturated carbocycles. The van der Waals surface area contributed by atoms with Crippen molar-refractivity contribution in [1.82, 2.24) is 10.3 Å². The van der Waals surface area contributed by atoms with E-state index in [2.05, 4.69) is 20.9 Å². The van der Waals surface area contributed by atoms with Crippen LogP contribution in [-0.4, -0.2) is 24.1 Å². The van der Waals surface area contributed by atoms with Crippen LogP contribution in [0.5, 0.6) is 0 Å². The highest BCUT2D eigenvalue weighted by Crippen LogP contribution is 2.17. The first kappa shape index (κ1) is 17.7. The molecule has 1 aromatic heterocycles. The molecule has 5 nitrogen and oxygen atoms in total. The molecule has 6 heteroatoms. The highest BCUT2D eigenvalue weighted by atomic mass is 19.1. The van der Waals surface area contributed by atoms with Crippen LogP contribution in [0.2, 0.25) is 0 Å². The SMILES string of the molecule is Cc1cc(F)cc(NC(=O)NCCCNc2c(C)cncc2C)c1. The van der Waals surface area contributed by atoms with Crippen LogP contribution in [0, 0.1) is 26.6 Å². The Morgan fingerprint density at radius 1 is 1.08 bits per heavy atom. The lowest BCUT2D eigenvalue weighted by Crippen LogP contribution is -2.30. The number of halogens is 1. The van der Waals surface area contributed by atoms with Crippen molar-refractivity contribution in [2.24, 2.45) is 0 Å². The van der Waals surface area contributed by atoms with Crippen molar-refractivity contribution in [3.63, 3.8) is 0 Å². The summed E-state index contributed by atoms with van der Waals surface area (Å²) in [6.07, 6.45) is 4.42. The van der Waals surface area contributed by atoms with Gasteiger partial charge in [0.05, 0.1) is 0 Å². The second-order valence-corrected chi connectivity index (χ2v) is 5.83. The Morgan fingerprint density at radius 2 is 1.79 bits per heavy atom. The molecule has 128 valence electrons. The molecule has 0 aliphatic heterocycles. The number of aryl methyl sites for hydroxylation is 3. The number of carbonyl (C=O) groups excluding carboxylic acids is 1. The Bertz CT molecular complexity index is 678. The molecule has 3 N–H and O–H groups in total. The van der Waals surface area contributed by atoms with Gasteiger partial charge in [-0.15, -0.1) is 0 Å². The van der Waals surface area contributed by atoms with Crippen LogP contribution in [0.3, 0.4) is 0 Å². The van der Waals surface area contributed by atoms with Crippen LogP contribution in [-0.2, 0) is 0 Å². The van der Waals surface area contributed by atoms with E-state index in [1.165, 1.54) is 12.1 Å². The van der Waals surface area contributed by atoms with Gasteiger partial charge in [0.15, 0.2) is 0 Å². The number of benzene rings is 1. The predicted molar refractivity (Wildman–Crippen MR) is 95.0 cm³/mol. The molecule has 0 atom stereocenters. The minimum Gasteiger partial charge on any atom is -0.384 e. The van der Waals surface area contributed by atoms with Crippen LogP contribution in [0.25, 0.3) is 0 Å². The van der Waals surface area contributed by atoms with Gasteiger partial charge < -0.3 is 16.0 Å². The molecule has 0 aliphatic carbocycles. The average molecular weight is 330 g/mol. The molecule has 1 aromatic carbocycles. The van der Waals surface area contributed by atoms with E-state index in [9.17, 15) is 9.18 Å². The molecule has 0 radical (unpaired) electrons. The first-order valence-electron chi connectivity index (χ1n) is 7.93. The molecule has 0 unspecified atom stereocenters. The van der Waals surface area contributed by atoms with E-state index in [1.54, 1.807) is 13.0 Å². The third-order valence-electron chi connectivity index (χ3n) is 3.57. The molecule has 2 aromatic rings. The van der Waals surface area contributed by atoms with Crippen molar-refractivity contribution in [1.29, 1.82) is 0 Å². The fraction of sp³-hybridized carbons (Fsp3) is 0.333. The number of amides is 2. The van der Waals surface area contributed by atoms with E-state index in [0.717, 1.165) is 35.3 Å². The lowest BCUT2D eigenvalue weighted by Gasteiger charge is -2.12. The van der Waals surface area contributed by atoms with E-state index < -0.39 is 0 Å². The third kappa shape index (κ3) is 5.22. The largest absolute Gasteiger partial charge is 0.384 e. The fourth-order valence-corrected chi connectivity index (χ4v) is 2.47. The molecule has 0 fully saturated rings. The minimum absolute atomic E-state index is 0.337. The Labute approximate surface area is 141 Å². The topological polar surface area (TPSA) is 66.1 Å². The van der Waals surface area contributed by atoms with Crippen LogP contribution < -0.4 is 16.0 Å². The van der Waals surface area contributed by atoms with Gasteiger partial charge in [0.25, 0.3) is 0 Å². The van der Waals surface area contributed by atoms with Crippen molar-refractivity contribution in [2.75, 3.05) is 23.7 Å². The van der Waals surface area contributed by atoms with Crippen molar-refractivity contribution in [2.45, 2.75) is 27.2 Å². The first-order chi connectivity index (χ1) is 11.5. The number of pyridine rings is 1. The zero-order valence-electron chi connectivity index (χ0n) is 14.2. The van der Waals surface area contributed by atoms with Gasteiger partial charge in [-0.3, -0.25) is 4.98 Å². The molecule has 2 rings (SSSR count). The van der Waals surface area contributed by atoms with Gasteiger partial charge in [0, 0.05) is 36.9 Å². The van der Waals surface area contributed by atoms with Gasteiger partial charge in [-0.2, -0.15) is 0 Å². The Morgan fingerprint density at radius 3 is 2.46 bits per heavy atom. The molecule has 0 spiro atoms. The van der Waals surface area contributed by atoms with Gasteiger partial charge in [-0.25, -0.2) is 9.18 Å². The smallest absolute Gasteiger partial charge is 0.319 e. The quantitative estimate of drug-likeness (QED) is 0.706. The number of nitrogens with zero attached hydrogens (tertiary/aromatic N) is 1. The maximum absolute atomic E-state index is 13.3. The average Bonchev–Trinajstić information content (AvgIpc) is 2.48. The number of anilines is 2. The number of hydrogen-bond donors (Lipinski definition) is 3. The Hall–Kier alpha value is -2.63. The number of rotatable bonds is 6. The number of aromatic nitrogens is 1. The van der Waals surface area contributed by atoms with Gasteiger partial charge in [-0.05, 0) is 62.1 Å². The summed E-state index contributed by atoms with van der Waals surface area (Å²) < 4.78 is 13.3. The summed E-state index contributed by atoms with van der Waals surface area (Å²) in [5, 5.41) is 8.75. The lowest BCUT2D eigenvalue weighted by molar-refractivity contribution is 0.252. The standard InChI is InChI=1S/C18H23FN4O/c1-12-7-15(19)9-16(8-12)23-18(24)22-6-4-5-21-17-13(2)10-20-11-14(17)3/h7-11H,4-6H2,1-3H3,(H,20,21)(H2,22,23,24). The van der Waals surface area contributed by atoms with Gasteiger partial charge in [0.2, 0.25) is 0 Å². The van der Waals surface area contributed by atoms with Gasteiger partial charge >= 0.3 is 6.03 Å². The van der Waals surface area contributed by atoms with E-state index >= 15 is 0 Å². The van der Waals surface area contributed by atoms with Crippen LogP contribution >= 0.6 is 0 Å². The van der Waals surface area contributed by atoms with Crippen molar-refractivity contribution in [3.05, 3.63) is 53.1 Å². The normalized spacial score (nSPS) is 10.3. The molecule has 24 heavy (non-hydrogen) atoms. The summed E-state index contributed by atoms with van der Waals surface area (Å²) in [5.74, 6) is -0.363. The fourth-order valence-electron chi connectivity index (χ4n) is 2.47. The maximum atomic E-state index is 13.3. The molecular formula is C18H23FN4O. The molecular weight excluding hydrogens is 307 g/mol. The minimum atomic E-state index is -0.363. The summed E-state index contributed by atoms with van der Waals surface area (Å²) in [6.45, 7) is 7.06. The monoisotopic (exact) mass is 330 g/mol. The summed E-state index contributed by atoms with van der Waals surface area (Å²) in [7, 11) is 0. The van der Waals surface area contributed by atoms with Crippen molar-refractivity contribution >= 4 is 17.4 Å². The van der Waals surface area contributed by atoms with E-state index in [4.69, 9.17) is 0 Å². The molecule has 0 bridgehead atoms. The lowest BCUT2D eigenvalue weighted by atomic mass is 10.2. The second kappa shape index (κ2) is 8.29. The zero-order chi connectivity index (χ0) is 17.5. The Kier molecular flexibility index (Phi) is 6.12. The maximum Gasteiger partial charge on any atom is 0.319 e. The number of hydrogen-bond acceptors (Lipinski definition) is 3. The van der Waals surface area contributed by atoms with Crippen molar-refractivity contribution < 1.29 is 9.18 Å². The van der Waals surface area contributed by atoms with Crippen LogP contribution in [0.15, 0.2) is 30.6 Å². The Balaban J connectivity index is 1.71. The molecule has 1 heterocycles. The van der Waals surface area contributed by atoms with E-state index in [1.807, 2.05) is 26.2 Å². The summed E-state index contributed by atoms with van der Waals surface area (Å²) in [6, 6.07) is 4.09. The number of carbonyl (C=O) groups is 1. The van der Waals surface area contributed by atoms with Crippen LogP contribution in [0.4, 0.5) is 20.6 Å². The third-order valence-corrected chi connectivity index (χ3v) is 3.57. The molecule has 2 amide bonds. The number of urea groups is 1. The highest BCUT2D eigenvalue weighted by Gasteiger charge is 2.04.